The SMILES string of the molecule is Cc1cccc(CN(C)c2nc3sccn3c2C(=O)O)n1. The zero-order valence-corrected chi connectivity index (χ0v) is 12.5. The lowest BCUT2D eigenvalue weighted by Gasteiger charge is -2.17. The predicted molar refractivity (Wildman–Crippen MR) is 81.1 cm³/mol. The van der Waals surface area contributed by atoms with Gasteiger partial charge < -0.3 is 10.0 Å². The summed E-state index contributed by atoms with van der Waals surface area (Å²) in [5.41, 5.74) is 2.00. The van der Waals surface area contributed by atoms with E-state index in [-0.39, 0.29) is 5.69 Å². The minimum atomic E-state index is -0.986. The maximum absolute atomic E-state index is 11.5. The summed E-state index contributed by atoms with van der Waals surface area (Å²) in [5, 5.41) is 11.3. The summed E-state index contributed by atoms with van der Waals surface area (Å²) in [5.74, 6) is -0.530. The molecule has 3 aromatic rings. The Morgan fingerprint density at radius 3 is 2.95 bits per heavy atom. The Labute approximate surface area is 125 Å². The number of aromatic carboxylic acids is 1. The van der Waals surface area contributed by atoms with Gasteiger partial charge in [0, 0.05) is 24.3 Å². The van der Waals surface area contributed by atoms with Gasteiger partial charge in [-0.25, -0.2) is 9.78 Å². The maximum Gasteiger partial charge on any atom is 0.356 e. The molecular formula is C14H14N4O2S. The Balaban J connectivity index is 1.97. The third-order valence-corrected chi connectivity index (χ3v) is 3.91. The van der Waals surface area contributed by atoms with E-state index in [1.807, 2.05) is 42.5 Å². The fourth-order valence-electron chi connectivity index (χ4n) is 2.24. The molecule has 0 saturated heterocycles. The van der Waals surface area contributed by atoms with E-state index < -0.39 is 5.97 Å². The van der Waals surface area contributed by atoms with Gasteiger partial charge in [-0.2, -0.15) is 0 Å². The summed E-state index contributed by atoms with van der Waals surface area (Å²) in [6.45, 7) is 2.44. The molecule has 0 amide bonds. The van der Waals surface area contributed by atoms with Crippen LogP contribution in [-0.4, -0.2) is 32.5 Å². The number of pyridine rings is 1. The lowest BCUT2D eigenvalue weighted by atomic mass is 10.3. The summed E-state index contributed by atoms with van der Waals surface area (Å²) < 4.78 is 1.60. The van der Waals surface area contributed by atoms with E-state index in [9.17, 15) is 9.90 Å². The van der Waals surface area contributed by atoms with E-state index in [0.29, 0.717) is 17.3 Å². The highest BCUT2D eigenvalue weighted by Gasteiger charge is 2.22. The number of imidazole rings is 1. The molecule has 0 bridgehead atoms. The fraction of sp³-hybridized carbons (Fsp3) is 0.214. The molecule has 1 N–H and O–H groups in total. The number of rotatable bonds is 4. The number of hydrogen-bond acceptors (Lipinski definition) is 5. The summed E-state index contributed by atoms with van der Waals surface area (Å²) in [4.78, 5) is 22.8. The largest absolute Gasteiger partial charge is 0.476 e. The molecule has 3 heterocycles. The average Bonchev–Trinajstić information content (AvgIpc) is 2.97. The standard InChI is InChI=1S/C14H14N4O2S/c1-9-4-3-5-10(15-9)8-17(2)12-11(13(19)20)18-6-7-21-14(18)16-12/h3-7H,8H2,1-2H3,(H,19,20). The molecule has 0 fully saturated rings. The van der Waals surface area contributed by atoms with Crippen LogP contribution in [0.4, 0.5) is 5.82 Å². The van der Waals surface area contributed by atoms with Crippen molar-refractivity contribution in [1.29, 1.82) is 0 Å². The molecule has 108 valence electrons. The van der Waals surface area contributed by atoms with Crippen LogP contribution in [-0.2, 0) is 6.54 Å². The van der Waals surface area contributed by atoms with E-state index in [4.69, 9.17) is 0 Å². The van der Waals surface area contributed by atoms with Crippen LogP contribution in [0, 0.1) is 6.92 Å². The maximum atomic E-state index is 11.5. The van der Waals surface area contributed by atoms with Crippen molar-refractivity contribution in [3.05, 3.63) is 46.9 Å². The highest BCUT2D eigenvalue weighted by atomic mass is 32.1. The van der Waals surface area contributed by atoms with Crippen molar-refractivity contribution in [1.82, 2.24) is 14.4 Å². The predicted octanol–water partition coefficient (Wildman–Crippen LogP) is 2.43. The lowest BCUT2D eigenvalue weighted by molar-refractivity contribution is 0.0690. The van der Waals surface area contributed by atoms with E-state index >= 15 is 0 Å². The normalized spacial score (nSPS) is 11.0. The second-order valence-corrected chi connectivity index (χ2v) is 5.64. The number of nitrogens with zero attached hydrogens (tertiary/aromatic N) is 4. The zero-order valence-electron chi connectivity index (χ0n) is 11.6. The topological polar surface area (TPSA) is 70.7 Å². The molecule has 7 heteroatoms. The van der Waals surface area contributed by atoms with Gasteiger partial charge >= 0.3 is 5.97 Å². The quantitative estimate of drug-likeness (QED) is 0.801. The minimum Gasteiger partial charge on any atom is -0.476 e. The summed E-state index contributed by atoms with van der Waals surface area (Å²) in [6, 6.07) is 5.79. The van der Waals surface area contributed by atoms with E-state index in [1.165, 1.54) is 11.3 Å². The number of carboxylic acids is 1. The van der Waals surface area contributed by atoms with Crippen LogP contribution >= 0.6 is 11.3 Å². The van der Waals surface area contributed by atoms with Crippen molar-refractivity contribution in [2.45, 2.75) is 13.5 Å². The van der Waals surface area contributed by atoms with E-state index in [2.05, 4.69) is 9.97 Å². The molecule has 0 aliphatic heterocycles. The average molecular weight is 302 g/mol. The molecule has 6 nitrogen and oxygen atoms in total. The fourth-order valence-corrected chi connectivity index (χ4v) is 2.95. The van der Waals surface area contributed by atoms with Crippen LogP contribution in [0.1, 0.15) is 21.9 Å². The van der Waals surface area contributed by atoms with Gasteiger partial charge in [-0.15, -0.1) is 11.3 Å². The van der Waals surface area contributed by atoms with Crippen LogP contribution in [0.25, 0.3) is 4.96 Å². The van der Waals surface area contributed by atoms with Gasteiger partial charge in [0.15, 0.2) is 16.5 Å². The molecule has 0 saturated carbocycles. The molecule has 0 aliphatic carbocycles. The Kier molecular flexibility index (Phi) is 3.34. The van der Waals surface area contributed by atoms with E-state index in [0.717, 1.165) is 11.4 Å². The van der Waals surface area contributed by atoms with Gasteiger partial charge in [-0.1, -0.05) is 6.07 Å². The number of carbonyl (C=O) groups is 1. The lowest BCUT2D eigenvalue weighted by Crippen LogP contribution is -2.20. The van der Waals surface area contributed by atoms with Gasteiger partial charge in [-0.3, -0.25) is 9.38 Å². The van der Waals surface area contributed by atoms with Crippen LogP contribution in [0.15, 0.2) is 29.8 Å². The monoisotopic (exact) mass is 302 g/mol. The van der Waals surface area contributed by atoms with Crippen LogP contribution < -0.4 is 4.90 Å². The van der Waals surface area contributed by atoms with Crippen molar-refractivity contribution in [2.24, 2.45) is 0 Å². The molecule has 0 radical (unpaired) electrons. The first kappa shape index (κ1) is 13.6. The van der Waals surface area contributed by atoms with Gasteiger partial charge in [0.1, 0.15) is 0 Å². The number of thiazole rings is 1. The van der Waals surface area contributed by atoms with E-state index in [1.54, 1.807) is 10.6 Å². The zero-order chi connectivity index (χ0) is 15.0. The summed E-state index contributed by atoms with van der Waals surface area (Å²) in [6.07, 6.45) is 1.72. The van der Waals surface area contributed by atoms with Gasteiger partial charge in [0.25, 0.3) is 0 Å². The molecule has 0 atom stereocenters. The minimum absolute atomic E-state index is 0.182. The molecule has 0 spiro atoms. The number of anilines is 1. The summed E-state index contributed by atoms with van der Waals surface area (Å²) >= 11 is 1.41. The Hall–Kier alpha value is -2.41. The third-order valence-electron chi connectivity index (χ3n) is 3.15. The van der Waals surface area contributed by atoms with Crippen molar-refractivity contribution in [2.75, 3.05) is 11.9 Å². The Bertz CT molecular complexity index is 808. The van der Waals surface area contributed by atoms with Crippen molar-refractivity contribution < 1.29 is 9.90 Å². The molecule has 0 aliphatic rings. The Morgan fingerprint density at radius 1 is 1.43 bits per heavy atom. The smallest absolute Gasteiger partial charge is 0.356 e. The van der Waals surface area contributed by atoms with Crippen molar-refractivity contribution in [3.8, 4) is 0 Å². The number of aromatic nitrogens is 3. The Morgan fingerprint density at radius 2 is 2.24 bits per heavy atom. The molecule has 3 aromatic heterocycles. The van der Waals surface area contributed by atoms with Crippen LogP contribution in [0.2, 0.25) is 0 Å². The van der Waals surface area contributed by atoms with Gasteiger partial charge in [0.05, 0.1) is 12.2 Å². The summed E-state index contributed by atoms with van der Waals surface area (Å²) in [7, 11) is 1.82. The second kappa shape index (κ2) is 5.17. The van der Waals surface area contributed by atoms with Crippen molar-refractivity contribution in [3.63, 3.8) is 0 Å². The van der Waals surface area contributed by atoms with Gasteiger partial charge in [-0.05, 0) is 19.1 Å². The van der Waals surface area contributed by atoms with Gasteiger partial charge in [0.2, 0.25) is 0 Å². The number of carboxylic acid groups (broad SMARTS) is 1. The van der Waals surface area contributed by atoms with Crippen LogP contribution in [0.3, 0.4) is 0 Å². The van der Waals surface area contributed by atoms with Crippen LogP contribution in [0.5, 0.6) is 0 Å². The number of aryl methyl sites for hydroxylation is 1. The molecule has 0 aromatic carbocycles. The first-order chi connectivity index (χ1) is 10.1. The number of fused-ring (bicyclic) bond motifs is 1. The third kappa shape index (κ3) is 2.47. The molecular weight excluding hydrogens is 288 g/mol. The molecule has 3 rings (SSSR count). The number of hydrogen-bond donors (Lipinski definition) is 1. The molecule has 0 unspecified atom stereocenters. The highest BCUT2D eigenvalue weighted by Crippen LogP contribution is 2.24. The first-order valence-corrected chi connectivity index (χ1v) is 7.27. The van der Waals surface area contributed by atoms with Crippen molar-refractivity contribution >= 4 is 28.1 Å². The highest BCUT2D eigenvalue weighted by molar-refractivity contribution is 7.15. The second-order valence-electron chi connectivity index (χ2n) is 4.77. The first-order valence-electron chi connectivity index (χ1n) is 6.39. The molecule has 21 heavy (non-hydrogen) atoms.